The molecule has 2 rings (SSSR count). The van der Waals surface area contributed by atoms with E-state index in [-0.39, 0.29) is 22.1 Å². The van der Waals surface area contributed by atoms with Crippen molar-refractivity contribution in [3.8, 4) is 0 Å². The van der Waals surface area contributed by atoms with E-state index in [9.17, 15) is 18.0 Å². The normalized spacial score (nSPS) is 11.1. The van der Waals surface area contributed by atoms with Crippen molar-refractivity contribution < 1.29 is 18.0 Å². The number of rotatable bonds is 10. The van der Waals surface area contributed by atoms with Gasteiger partial charge < -0.3 is 10.6 Å². The van der Waals surface area contributed by atoms with Crippen molar-refractivity contribution in [1.82, 2.24) is 20.5 Å². The number of nitrogens with one attached hydrogen (secondary N) is 4. The number of hydrazine groups is 1. The van der Waals surface area contributed by atoms with E-state index >= 15 is 0 Å². The third kappa shape index (κ3) is 8.62. The van der Waals surface area contributed by atoms with Crippen LogP contribution in [-0.4, -0.2) is 49.3 Å². The highest BCUT2D eigenvalue weighted by Crippen LogP contribution is 2.24. The first-order valence-corrected chi connectivity index (χ1v) is 13.4. The lowest BCUT2D eigenvalue weighted by molar-refractivity contribution is -0.120. The molecular weight excluding hydrogens is 533 g/mol. The minimum Gasteiger partial charge on any atom is -0.343 e. The summed E-state index contributed by atoms with van der Waals surface area (Å²) >= 11 is 16.9. The highest BCUT2D eigenvalue weighted by Gasteiger charge is 2.23. The Morgan fingerprint density at radius 3 is 2.14 bits per heavy atom. The van der Waals surface area contributed by atoms with Crippen molar-refractivity contribution >= 4 is 68.1 Å². The molecular formula is C22H27Cl2N5O4S2. The number of benzene rings is 2. The van der Waals surface area contributed by atoms with Crippen molar-refractivity contribution in [1.29, 1.82) is 0 Å². The zero-order chi connectivity index (χ0) is 26.0. The number of amides is 2. The summed E-state index contributed by atoms with van der Waals surface area (Å²) in [5.41, 5.74) is 5.64. The maximum atomic E-state index is 12.8. The van der Waals surface area contributed by atoms with E-state index < -0.39 is 21.8 Å². The number of halogens is 2. The molecule has 0 fully saturated rings. The molecule has 0 atom stereocenters. The molecule has 0 spiro atoms. The average Bonchev–Trinajstić information content (AvgIpc) is 2.83. The first kappa shape index (κ1) is 28.8. The van der Waals surface area contributed by atoms with Gasteiger partial charge in [-0.3, -0.25) is 20.4 Å². The third-order valence-electron chi connectivity index (χ3n) is 4.60. The smallest absolute Gasteiger partial charge is 0.257 e. The molecule has 2 amide bonds. The van der Waals surface area contributed by atoms with Gasteiger partial charge in [0.25, 0.3) is 11.8 Å². The minimum absolute atomic E-state index is 0.0973. The van der Waals surface area contributed by atoms with Crippen LogP contribution in [0.2, 0.25) is 10.0 Å². The molecule has 0 aliphatic carbocycles. The lowest BCUT2D eigenvalue weighted by Crippen LogP contribution is -2.47. The molecule has 0 saturated carbocycles. The van der Waals surface area contributed by atoms with Gasteiger partial charge in [0.1, 0.15) is 0 Å². The highest BCUT2D eigenvalue weighted by atomic mass is 35.5. The van der Waals surface area contributed by atoms with Crippen molar-refractivity contribution in [3.05, 3.63) is 58.1 Å². The topological polar surface area (TPSA) is 120 Å². The van der Waals surface area contributed by atoms with Crippen LogP contribution >= 0.6 is 35.4 Å². The number of sulfonamides is 1. The van der Waals surface area contributed by atoms with Gasteiger partial charge >= 0.3 is 0 Å². The Morgan fingerprint density at radius 2 is 1.57 bits per heavy atom. The first-order valence-electron chi connectivity index (χ1n) is 10.8. The standard InChI is InChI=1S/C22H27Cl2N5O4S2/c1-3-11-29(12-4-2)35(32,33)17-8-5-15(6-9-17)21(31)25-14-20(30)27-28-22(34)26-16-7-10-18(23)19(24)13-16/h5-10,13H,3-4,11-12,14H2,1-2H3,(H,25,31)(H,27,30)(H2,26,28,34). The number of carbonyl (C=O) groups is 2. The summed E-state index contributed by atoms with van der Waals surface area (Å²) in [6.07, 6.45) is 1.40. The molecule has 9 nitrogen and oxygen atoms in total. The average molecular weight is 561 g/mol. The number of thiocarbonyl (C=S) groups is 1. The molecule has 13 heteroatoms. The van der Waals surface area contributed by atoms with Gasteiger partial charge in [0, 0.05) is 24.3 Å². The zero-order valence-corrected chi connectivity index (χ0v) is 22.4. The molecule has 0 radical (unpaired) electrons. The van der Waals surface area contributed by atoms with Gasteiger partial charge in [-0.05, 0) is 67.5 Å². The van der Waals surface area contributed by atoms with E-state index in [4.69, 9.17) is 35.4 Å². The van der Waals surface area contributed by atoms with Crippen LogP contribution in [0.15, 0.2) is 47.4 Å². The van der Waals surface area contributed by atoms with Gasteiger partial charge in [-0.25, -0.2) is 8.42 Å². The number of hydrogen-bond acceptors (Lipinski definition) is 5. The quantitative estimate of drug-likeness (QED) is 0.259. The minimum atomic E-state index is -3.64. The predicted octanol–water partition coefficient (Wildman–Crippen LogP) is 3.55. The van der Waals surface area contributed by atoms with Crippen LogP contribution in [0.25, 0.3) is 0 Å². The summed E-state index contributed by atoms with van der Waals surface area (Å²) < 4.78 is 27.1. The first-order chi connectivity index (χ1) is 16.6. The molecule has 4 N–H and O–H groups in total. The van der Waals surface area contributed by atoms with Crippen LogP contribution in [0.1, 0.15) is 37.0 Å². The summed E-state index contributed by atoms with van der Waals surface area (Å²) in [7, 11) is -3.64. The highest BCUT2D eigenvalue weighted by molar-refractivity contribution is 7.89. The molecule has 0 aliphatic rings. The van der Waals surface area contributed by atoms with Gasteiger partial charge in [0.15, 0.2) is 5.11 Å². The summed E-state index contributed by atoms with van der Waals surface area (Å²) in [6.45, 7) is 4.35. The van der Waals surface area contributed by atoms with E-state index in [2.05, 4.69) is 21.5 Å². The lowest BCUT2D eigenvalue weighted by atomic mass is 10.2. The van der Waals surface area contributed by atoms with Crippen LogP contribution < -0.4 is 21.5 Å². The SMILES string of the molecule is CCCN(CCC)S(=O)(=O)c1ccc(C(=O)NCC(=O)NNC(=S)Nc2ccc(Cl)c(Cl)c2)cc1. The fourth-order valence-corrected chi connectivity index (χ4v) is 5.04. The maximum absolute atomic E-state index is 12.8. The van der Waals surface area contributed by atoms with Crippen molar-refractivity contribution in [2.24, 2.45) is 0 Å². The van der Waals surface area contributed by atoms with Gasteiger partial charge in [-0.2, -0.15) is 4.31 Å². The number of nitrogens with zero attached hydrogens (tertiary/aromatic N) is 1. The number of hydrogen-bond donors (Lipinski definition) is 4. The van der Waals surface area contributed by atoms with E-state index in [1.54, 1.807) is 18.2 Å². The van der Waals surface area contributed by atoms with Crippen LogP contribution in [0.3, 0.4) is 0 Å². The zero-order valence-electron chi connectivity index (χ0n) is 19.2. The van der Waals surface area contributed by atoms with Crippen LogP contribution in [0.5, 0.6) is 0 Å². The molecule has 35 heavy (non-hydrogen) atoms. The van der Waals surface area contributed by atoms with Crippen molar-refractivity contribution in [2.45, 2.75) is 31.6 Å². The molecule has 190 valence electrons. The van der Waals surface area contributed by atoms with Crippen molar-refractivity contribution in [2.75, 3.05) is 25.0 Å². The van der Waals surface area contributed by atoms with Crippen LogP contribution in [0.4, 0.5) is 5.69 Å². The Hall–Kier alpha value is -2.44. The fraction of sp³-hybridized carbons (Fsp3) is 0.318. The molecule has 2 aromatic carbocycles. The maximum Gasteiger partial charge on any atom is 0.257 e. The van der Waals surface area contributed by atoms with E-state index in [1.807, 2.05) is 13.8 Å². The second-order valence-corrected chi connectivity index (χ2v) is 10.5. The van der Waals surface area contributed by atoms with Crippen LogP contribution in [-0.2, 0) is 14.8 Å². The Balaban J connectivity index is 1.85. The molecule has 2 aromatic rings. The van der Waals surface area contributed by atoms with Gasteiger partial charge in [-0.1, -0.05) is 37.0 Å². The van der Waals surface area contributed by atoms with Gasteiger partial charge in [0.05, 0.1) is 21.5 Å². The third-order valence-corrected chi connectivity index (χ3v) is 7.46. The monoisotopic (exact) mass is 559 g/mol. The summed E-state index contributed by atoms with van der Waals surface area (Å²) in [4.78, 5) is 24.5. The summed E-state index contributed by atoms with van der Waals surface area (Å²) in [5, 5.41) is 6.12. The van der Waals surface area contributed by atoms with Gasteiger partial charge in [0.2, 0.25) is 10.0 Å². The fourth-order valence-electron chi connectivity index (χ4n) is 2.95. The van der Waals surface area contributed by atoms with Gasteiger partial charge in [-0.15, -0.1) is 0 Å². The van der Waals surface area contributed by atoms with Crippen molar-refractivity contribution in [3.63, 3.8) is 0 Å². The summed E-state index contributed by atoms with van der Waals surface area (Å²) in [6, 6.07) is 10.4. The Labute approximate surface area is 220 Å². The Morgan fingerprint density at radius 1 is 0.943 bits per heavy atom. The summed E-state index contributed by atoms with van der Waals surface area (Å²) in [5.74, 6) is -1.08. The lowest BCUT2D eigenvalue weighted by Gasteiger charge is -2.21. The second kappa shape index (κ2) is 13.6. The Bertz CT molecular complexity index is 1150. The molecule has 0 saturated heterocycles. The molecule has 0 heterocycles. The van der Waals surface area contributed by atoms with Crippen LogP contribution in [0, 0.1) is 0 Å². The molecule has 0 bridgehead atoms. The van der Waals surface area contributed by atoms with E-state index in [1.165, 1.54) is 28.6 Å². The van der Waals surface area contributed by atoms with E-state index in [0.29, 0.717) is 41.7 Å². The number of anilines is 1. The van der Waals surface area contributed by atoms with E-state index in [0.717, 1.165) is 0 Å². The second-order valence-electron chi connectivity index (χ2n) is 7.37. The predicted molar refractivity (Wildman–Crippen MR) is 142 cm³/mol. The molecule has 0 aliphatic heterocycles. The largest absolute Gasteiger partial charge is 0.343 e. The molecule has 0 aromatic heterocycles. The molecule has 0 unspecified atom stereocenters. The Kier molecular flexibility index (Phi) is 11.2. The number of carbonyl (C=O) groups excluding carboxylic acids is 2.